The van der Waals surface area contributed by atoms with E-state index in [9.17, 15) is 4.79 Å². The molecule has 2 nitrogen and oxygen atoms in total. The zero-order valence-electron chi connectivity index (χ0n) is 10.3. The van der Waals surface area contributed by atoms with E-state index in [4.69, 9.17) is 0 Å². The number of hydrogen-bond acceptors (Lipinski definition) is 2. The summed E-state index contributed by atoms with van der Waals surface area (Å²) < 4.78 is 4.66. The molecule has 2 aromatic rings. The quantitative estimate of drug-likeness (QED) is 0.765. The minimum Gasteiger partial charge on any atom is -0.465 e. The second-order valence-corrected chi connectivity index (χ2v) is 4.01. The molecule has 91 valence electrons. The first kappa shape index (κ1) is 12.4. The zero-order chi connectivity index (χ0) is 12.8. The number of carbonyl (C=O) groups is 1. The average Bonchev–Trinajstić information content (AvgIpc) is 2.46. The van der Waals surface area contributed by atoms with E-state index in [1.54, 1.807) is 12.1 Å². The molecule has 1 radical (unpaired) electrons. The van der Waals surface area contributed by atoms with Crippen molar-refractivity contribution < 1.29 is 9.53 Å². The van der Waals surface area contributed by atoms with Crippen LogP contribution in [0.3, 0.4) is 0 Å². The Labute approximate surface area is 107 Å². The van der Waals surface area contributed by atoms with Gasteiger partial charge in [0.15, 0.2) is 0 Å². The largest absolute Gasteiger partial charge is 0.465 e. The first-order valence-electron chi connectivity index (χ1n) is 5.85. The fourth-order valence-electron chi connectivity index (χ4n) is 1.72. The van der Waals surface area contributed by atoms with E-state index < -0.39 is 0 Å². The Morgan fingerprint density at radius 2 is 1.72 bits per heavy atom. The van der Waals surface area contributed by atoms with Crippen LogP contribution < -0.4 is 0 Å². The van der Waals surface area contributed by atoms with E-state index in [0.29, 0.717) is 5.56 Å². The van der Waals surface area contributed by atoms with Gasteiger partial charge >= 0.3 is 5.97 Å². The van der Waals surface area contributed by atoms with Crippen LogP contribution in [-0.4, -0.2) is 13.1 Å². The number of ether oxygens (including phenoxy) is 1. The molecule has 0 N–H and O–H groups in total. The van der Waals surface area contributed by atoms with Crippen LogP contribution in [0, 0.1) is 6.42 Å². The van der Waals surface area contributed by atoms with Crippen molar-refractivity contribution in [2.24, 2.45) is 0 Å². The normalized spacial score (nSPS) is 10.1. The standard InChI is InChI=1S/C16H15O2/c1-18-16(17)15-11-9-14(10-12-15)8-7-13-5-3-2-4-6-13/h2-6,8-12H,7H2,1H3. The van der Waals surface area contributed by atoms with Crippen LogP contribution >= 0.6 is 0 Å². The van der Waals surface area contributed by atoms with Crippen LogP contribution in [0.15, 0.2) is 54.6 Å². The Bertz CT molecular complexity index is 500. The predicted molar refractivity (Wildman–Crippen MR) is 71.3 cm³/mol. The number of carbonyl (C=O) groups excluding carboxylic acids is 1. The molecule has 0 aliphatic rings. The van der Waals surface area contributed by atoms with Crippen LogP contribution in [0.2, 0.25) is 0 Å². The Hall–Kier alpha value is -2.09. The Morgan fingerprint density at radius 1 is 1.06 bits per heavy atom. The zero-order valence-corrected chi connectivity index (χ0v) is 10.3. The van der Waals surface area contributed by atoms with Crippen molar-refractivity contribution in [2.75, 3.05) is 7.11 Å². The van der Waals surface area contributed by atoms with Gasteiger partial charge in [0.1, 0.15) is 0 Å². The van der Waals surface area contributed by atoms with Gasteiger partial charge in [-0.25, -0.2) is 4.79 Å². The van der Waals surface area contributed by atoms with Crippen molar-refractivity contribution in [1.82, 2.24) is 0 Å². The number of esters is 1. The van der Waals surface area contributed by atoms with Gasteiger partial charge in [0.25, 0.3) is 0 Å². The molecule has 0 amide bonds. The summed E-state index contributed by atoms with van der Waals surface area (Å²) in [4.78, 5) is 11.3. The molecule has 2 rings (SSSR count). The molecule has 2 heteroatoms. The maximum atomic E-state index is 11.3. The number of rotatable bonds is 4. The van der Waals surface area contributed by atoms with E-state index in [0.717, 1.165) is 12.0 Å². The first-order valence-corrected chi connectivity index (χ1v) is 5.85. The summed E-state index contributed by atoms with van der Waals surface area (Å²) in [6, 6.07) is 17.7. The molecule has 0 unspecified atom stereocenters. The summed E-state index contributed by atoms with van der Waals surface area (Å²) in [7, 11) is 1.39. The van der Waals surface area contributed by atoms with E-state index >= 15 is 0 Å². The molecule has 0 spiro atoms. The van der Waals surface area contributed by atoms with E-state index in [1.165, 1.54) is 12.7 Å². The van der Waals surface area contributed by atoms with Gasteiger partial charge < -0.3 is 4.74 Å². The fraction of sp³-hybridized carbons (Fsp3) is 0.125. The third-order valence-electron chi connectivity index (χ3n) is 2.75. The number of methoxy groups -OCH3 is 1. The highest BCUT2D eigenvalue weighted by atomic mass is 16.5. The highest BCUT2D eigenvalue weighted by Gasteiger charge is 2.04. The van der Waals surface area contributed by atoms with Gasteiger partial charge in [0.2, 0.25) is 0 Å². The third kappa shape index (κ3) is 3.20. The van der Waals surface area contributed by atoms with Crippen molar-refractivity contribution in [3.05, 3.63) is 77.7 Å². The molecule has 2 aromatic carbocycles. The summed E-state index contributed by atoms with van der Waals surface area (Å²) in [5, 5.41) is 0. The maximum Gasteiger partial charge on any atom is 0.337 e. The molecule has 18 heavy (non-hydrogen) atoms. The molecule has 0 saturated heterocycles. The molecule has 0 bridgehead atoms. The van der Waals surface area contributed by atoms with Crippen molar-refractivity contribution >= 4 is 5.97 Å². The lowest BCUT2D eigenvalue weighted by Crippen LogP contribution is -2.00. The van der Waals surface area contributed by atoms with E-state index in [-0.39, 0.29) is 5.97 Å². The van der Waals surface area contributed by atoms with Crippen LogP contribution in [-0.2, 0) is 11.2 Å². The fourth-order valence-corrected chi connectivity index (χ4v) is 1.72. The third-order valence-corrected chi connectivity index (χ3v) is 2.75. The molecular formula is C16H15O2. The molecule has 0 aliphatic heterocycles. The summed E-state index contributed by atoms with van der Waals surface area (Å²) in [5.41, 5.74) is 2.95. The second kappa shape index (κ2) is 6.01. The van der Waals surface area contributed by atoms with Crippen LogP contribution in [0.4, 0.5) is 0 Å². The second-order valence-electron chi connectivity index (χ2n) is 4.01. The van der Waals surface area contributed by atoms with Crippen LogP contribution in [0.1, 0.15) is 21.5 Å². The number of benzene rings is 2. The SMILES string of the molecule is COC(=O)c1ccc([CH]Cc2ccccc2)cc1. The molecular weight excluding hydrogens is 224 g/mol. The minimum atomic E-state index is -0.301. The van der Waals surface area contributed by atoms with Crippen LogP contribution in [0.25, 0.3) is 0 Å². The van der Waals surface area contributed by atoms with Gasteiger partial charge in [0.05, 0.1) is 12.7 Å². The van der Waals surface area contributed by atoms with Crippen molar-refractivity contribution in [1.29, 1.82) is 0 Å². The lowest BCUT2D eigenvalue weighted by molar-refractivity contribution is 0.0600. The summed E-state index contributed by atoms with van der Waals surface area (Å²) in [6.07, 6.45) is 3.02. The molecule has 0 aromatic heterocycles. The summed E-state index contributed by atoms with van der Waals surface area (Å²) in [5.74, 6) is -0.301. The Kier molecular flexibility index (Phi) is 4.13. The Morgan fingerprint density at radius 3 is 2.33 bits per heavy atom. The van der Waals surface area contributed by atoms with Gasteiger partial charge in [-0.2, -0.15) is 0 Å². The molecule has 0 aliphatic carbocycles. The minimum absolute atomic E-state index is 0.301. The van der Waals surface area contributed by atoms with Crippen molar-refractivity contribution in [3.8, 4) is 0 Å². The monoisotopic (exact) mass is 239 g/mol. The first-order chi connectivity index (χ1) is 8.79. The Balaban J connectivity index is 1.97. The maximum absolute atomic E-state index is 11.3. The summed E-state index contributed by atoms with van der Waals surface area (Å²) >= 11 is 0. The van der Waals surface area contributed by atoms with Crippen LogP contribution in [0.5, 0.6) is 0 Å². The molecule has 0 atom stereocenters. The highest BCUT2D eigenvalue weighted by molar-refractivity contribution is 5.89. The van der Waals surface area contributed by atoms with Gasteiger partial charge in [0, 0.05) is 0 Å². The highest BCUT2D eigenvalue weighted by Crippen LogP contribution is 2.11. The molecule has 0 saturated carbocycles. The van der Waals surface area contributed by atoms with Gasteiger partial charge in [-0.3, -0.25) is 0 Å². The topological polar surface area (TPSA) is 26.3 Å². The number of hydrogen-bond donors (Lipinski definition) is 0. The predicted octanol–water partition coefficient (Wildman–Crippen LogP) is 3.27. The smallest absolute Gasteiger partial charge is 0.337 e. The lowest BCUT2D eigenvalue weighted by Gasteiger charge is -2.03. The molecule has 0 fully saturated rings. The van der Waals surface area contributed by atoms with Crippen molar-refractivity contribution in [3.63, 3.8) is 0 Å². The molecule has 0 heterocycles. The summed E-state index contributed by atoms with van der Waals surface area (Å²) in [6.45, 7) is 0. The van der Waals surface area contributed by atoms with Crippen molar-refractivity contribution in [2.45, 2.75) is 6.42 Å². The lowest BCUT2D eigenvalue weighted by atomic mass is 10.0. The average molecular weight is 239 g/mol. The van der Waals surface area contributed by atoms with Gasteiger partial charge in [-0.1, -0.05) is 42.5 Å². The van der Waals surface area contributed by atoms with Gasteiger partial charge in [-0.05, 0) is 36.1 Å². The van der Waals surface area contributed by atoms with E-state index in [2.05, 4.69) is 23.3 Å². The van der Waals surface area contributed by atoms with E-state index in [1.807, 2.05) is 30.3 Å². The van der Waals surface area contributed by atoms with Gasteiger partial charge in [-0.15, -0.1) is 0 Å².